The Bertz CT molecular complexity index is 394. The van der Waals surface area contributed by atoms with Crippen molar-refractivity contribution >= 4 is 0 Å². The summed E-state index contributed by atoms with van der Waals surface area (Å²) in [5, 5.41) is 0. The van der Waals surface area contributed by atoms with Gasteiger partial charge in [-0.15, -0.1) is 0 Å². The van der Waals surface area contributed by atoms with Gasteiger partial charge in [-0.1, -0.05) is 0 Å². The molecule has 1 aromatic heterocycles. The van der Waals surface area contributed by atoms with Crippen LogP contribution >= 0.6 is 0 Å². The zero-order chi connectivity index (χ0) is 11.7. The lowest BCUT2D eigenvalue weighted by atomic mass is 9.93. The number of imidazole rings is 1. The van der Waals surface area contributed by atoms with E-state index in [1.807, 2.05) is 0 Å². The van der Waals surface area contributed by atoms with Crippen LogP contribution in [0, 0.1) is 0 Å². The molecule has 4 nitrogen and oxygen atoms in total. The molecule has 1 aromatic rings. The second kappa shape index (κ2) is 4.78. The molecule has 0 saturated carbocycles. The number of nitrogens with zero attached hydrogens (tertiary/aromatic N) is 2. The maximum absolute atomic E-state index is 5.81. The molecule has 0 spiro atoms. The van der Waals surface area contributed by atoms with Crippen molar-refractivity contribution in [3.05, 3.63) is 17.2 Å². The van der Waals surface area contributed by atoms with Crippen LogP contribution in [0.4, 0.5) is 0 Å². The van der Waals surface area contributed by atoms with E-state index in [0.29, 0.717) is 12.5 Å². The molecule has 3 rings (SSSR count). The van der Waals surface area contributed by atoms with Crippen molar-refractivity contribution in [2.45, 2.75) is 51.1 Å². The van der Waals surface area contributed by atoms with E-state index in [1.165, 1.54) is 30.7 Å². The number of aromatic nitrogens is 2. The summed E-state index contributed by atoms with van der Waals surface area (Å²) in [5.74, 6) is 1.68. The first kappa shape index (κ1) is 11.2. The predicted molar refractivity (Wildman–Crippen MR) is 65.9 cm³/mol. The minimum Gasteiger partial charge on any atom is -0.381 e. The molecule has 0 aromatic carbocycles. The Hall–Kier alpha value is -0.870. The van der Waals surface area contributed by atoms with Gasteiger partial charge in [0, 0.05) is 31.4 Å². The van der Waals surface area contributed by atoms with Crippen LogP contribution in [0.1, 0.15) is 48.8 Å². The molecule has 1 saturated heterocycles. The number of hydrogen-bond acceptors (Lipinski definition) is 3. The monoisotopic (exact) mass is 235 g/mol. The van der Waals surface area contributed by atoms with E-state index in [2.05, 4.69) is 4.57 Å². The van der Waals surface area contributed by atoms with Crippen molar-refractivity contribution in [3.8, 4) is 0 Å². The SMILES string of the molecule is NCc1nc(C2CCOCC2)c2n1CCCC2. The highest BCUT2D eigenvalue weighted by atomic mass is 16.5. The van der Waals surface area contributed by atoms with Crippen LogP contribution in [0.15, 0.2) is 0 Å². The van der Waals surface area contributed by atoms with Crippen molar-refractivity contribution in [2.24, 2.45) is 5.73 Å². The molecule has 0 unspecified atom stereocenters. The highest BCUT2D eigenvalue weighted by Gasteiger charge is 2.26. The lowest BCUT2D eigenvalue weighted by molar-refractivity contribution is 0.0843. The third kappa shape index (κ3) is 2.00. The van der Waals surface area contributed by atoms with Gasteiger partial charge in [0.15, 0.2) is 0 Å². The van der Waals surface area contributed by atoms with E-state index in [9.17, 15) is 0 Å². The summed E-state index contributed by atoms with van der Waals surface area (Å²) in [6.45, 7) is 3.44. The summed E-state index contributed by atoms with van der Waals surface area (Å²) in [5.41, 5.74) is 8.60. The van der Waals surface area contributed by atoms with Gasteiger partial charge in [0.2, 0.25) is 0 Å². The molecule has 1 fully saturated rings. The third-order valence-electron chi connectivity index (χ3n) is 4.02. The first-order valence-corrected chi connectivity index (χ1v) is 6.76. The first-order valence-electron chi connectivity index (χ1n) is 6.76. The maximum atomic E-state index is 5.81. The molecule has 94 valence electrons. The lowest BCUT2D eigenvalue weighted by Crippen LogP contribution is -2.18. The van der Waals surface area contributed by atoms with Crippen LogP contribution in [0.25, 0.3) is 0 Å². The quantitative estimate of drug-likeness (QED) is 0.846. The van der Waals surface area contributed by atoms with Crippen molar-refractivity contribution in [1.82, 2.24) is 9.55 Å². The van der Waals surface area contributed by atoms with Crippen LogP contribution in [-0.2, 0) is 24.2 Å². The first-order chi connectivity index (χ1) is 8.40. The Morgan fingerprint density at radius 1 is 1.29 bits per heavy atom. The number of hydrogen-bond donors (Lipinski definition) is 1. The Labute approximate surface area is 102 Å². The number of nitrogens with two attached hydrogens (primary N) is 1. The average Bonchev–Trinajstić information content (AvgIpc) is 2.78. The second-order valence-corrected chi connectivity index (χ2v) is 5.06. The smallest absolute Gasteiger partial charge is 0.123 e. The molecule has 2 aliphatic heterocycles. The van der Waals surface area contributed by atoms with E-state index in [1.54, 1.807) is 0 Å². The molecule has 2 aliphatic rings. The molecule has 2 N–H and O–H groups in total. The fourth-order valence-corrected chi connectivity index (χ4v) is 3.10. The number of fused-ring (bicyclic) bond motifs is 1. The van der Waals surface area contributed by atoms with Gasteiger partial charge < -0.3 is 15.0 Å². The van der Waals surface area contributed by atoms with Crippen molar-refractivity contribution in [3.63, 3.8) is 0 Å². The predicted octanol–water partition coefficient (Wildman–Crippen LogP) is 1.57. The van der Waals surface area contributed by atoms with Crippen LogP contribution in [0.2, 0.25) is 0 Å². The number of rotatable bonds is 2. The highest BCUT2D eigenvalue weighted by molar-refractivity contribution is 5.23. The van der Waals surface area contributed by atoms with Crippen LogP contribution in [0.5, 0.6) is 0 Å². The summed E-state index contributed by atoms with van der Waals surface area (Å²) in [6, 6.07) is 0. The van der Waals surface area contributed by atoms with Crippen LogP contribution in [-0.4, -0.2) is 22.8 Å². The Morgan fingerprint density at radius 3 is 2.88 bits per heavy atom. The van der Waals surface area contributed by atoms with E-state index in [4.69, 9.17) is 15.5 Å². The third-order valence-corrected chi connectivity index (χ3v) is 4.02. The Morgan fingerprint density at radius 2 is 2.12 bits per heavy atom. The van der Waals surface area contributed by atoms with Crippen molar-refractivity contribution in [1.29, 1.82) is 0 Å². The fourth-order valence-electron chi connectivity index (χ4n) is 3.10. The summed E-state index contributed by atoms with van der Waals surface area (Å²) >= 11 is 0. The van der Waals surface area contributed by atoms with Gasteiger partial charge in [-0.3, -0.25) is 0 Å². The minimum atomic E-state index is 0.566. The summed E-state index contributed by atoms with van der Waals surface area (Å²) in [7, 11) is 0. The standard InChI is InChI=1S/C13H21N3O/c14-9-12-15-13(10-4-7-17-8-5-10)11-3-1-2-6-16(11)12/h10H,1-9,14H2. The minimum absolute atomic E-state index is 0.566. The molecule has 0 amide bonds. The highest BCUT2D eigenvalue weighted by Crippen LogP contribution is 2.32. The largest absolute Gasteiger partial charge is 0.381 e. The molecule has 4 heteroatoms. The Balaban J connectivity index is 1.95. The van der Waals surface area contributed by atoms with Crippen molar-refractivity contribution in [2.75, 3.05) is 13.2 Å². The van der Waals surface area contributed by atoms with Gasteiger partial charge in [-0.2, -0.15) is 0 Å². The van der Waals surface area contributed by atoms with Crippen LogP contribution in [0.3, 0.4) is 0 Å². The van der Waals surface area contributed by atoms with Gasteiger partial charge in [0.1, 0.15) is 5.82 Å². The average molecular weight is 235 g/mol. The summed E-state index contributed by atoms with van der Waals surface area (Å²) in [4.78, 5) is 4.82. The lowest BCUT2D eigenvalue weighted by Gasteiger charge is -2.23. The molecule has 17 heavy (non-hydrogen) atoms. The zero-order valence-electron chi connectivity index (χ0n) is 10.3. The van der Waals surface area contributed by atoms with Crippen LogP contribution < -0.4 is 5.73 Å². The van der Waals surface area contributed by atoms with Gasteiger partial charge in [0.05, 0.1) is 12.2 Å². The van der Waals surface area contributed by atoms with Crippen molar-refractivity contribution < 1.29 is 4.74 Å². The topological polar surface area (TPSA) is 53.1 Å². The number of ether oxygens (including phenoxy) is 1. The second-order valence-electron chi connectivity index (χ2n) is 5.06. The zero-order valence-corrected chi connectivity index (χ0v) is 10.3. The van der Waals surface area contributed by atoms with Gasteiger partial charge in [-0.05, 0) is 32.1 Å². The normalized spacial score (nSPS) is 21.5. The van der Waals surface area contributed by atoms with Gasteiger partial charge in [-0.25, -0.2) is 4.98 Å². The maximum Gasteiger partial charge on any atom is 0.123 e. The van der Waals surface area contributed by atoms with Gasteiger partial charge in [0.25, 0.3) is 0 Å². The molecule has 0 aliphatic carbocycles. The summed E-state index contributed by atoms with van der Waals surface area (Å²) in [6.07, 6.45) is 5.98. The Kier molecular flexibility index (Phi) is 3.16. The molecule has 0 radical (unpaired) electrons. The van der Waals surface area contributed by atoms with E-state index in [-0.39, 0.29) is 0 Å². The van der Waals surface area contributed by atoms with E-state index < -0.39 is 0 Å². The fraction of sp³-hybridized carbons (Fsp3) is 0.769. The molecule has 0 atom stereocenters. The summed E-state index contributed by atoms with van der Waals surface area (Å²) < 4.78 is 7.81. The molecular formula is C13H21N3O. The van der Waals surface area contributed by atoms with E-state index in [0.717, 1.165) is 38.4 Å². The molecular weight excluding hydrogens is 214 g/mol. The molecule has 3 heterocycles. The van der Waals surface area contributed by atoms with E-state index >= 15 is 0 Å². The van der Waals surface area contributed by atoms with Gasteiger partial charge >= 0.3 is 0 Å². The molecule has 0 bridgehead atoms.